The van der Waals surface area contributed by atoms with Crippen LogP contribution in [0.15, 0.2) is 28.7 Å². The summed E-state index contributed by atoms with van der Waals surface area (Å²) in [4.78, 5) is 2.60. The summed E-state index contributed by atoms with van der Waals surface area (Å²) in [6, 6.07) is 8.70. The van der Waals surface area contributed by atoms with Crippen molar-refractivity contribution in [2.24, 2.45) is 11.8 Å². The first-order chi connectivity index (χ1) is 7.81. The molecule has 2 aliphatic heterocycles. The van der Waals surface area contributed by atoms with E-state index in [0.717, 1.165) is 18.4 Å². The number of halogens is 2. The van der Waals surface area contributed by atoms with Gasteiger partial charge >= 0.3 is 0 Å². The maximum atomic E-state index is 3.48. The third-order valence-corrected chi connectivity index (χ3v) is 4.31. The highest BCUT2D eigenvalue weighted by atomic mass is 79.9. The number of benzene rings is 1. The molecular weight excluding hydrogens is 300 g/mol. The second-order valence-electron chi connectivity index (χ2n) is 5.00. The van der Waals surface area contributed by atoms with Gasteiger partial charge in [0.2, 0.25) is 0 Å². The monoisotopic (exact) mass is 316 g/mol. The van der Waals surface area contributed by atoms with E-state index in [4.69, 9.17) is 0 Å². The summed E-state index contributed by atoms with van der Waals surface area (Å²) in [5, 5.41) is 3.48. The van der Waals surface area contributed by atoms with E-state index in [9.17, 15) is 0 Å². The molecule has 0 bridgehead atoms. The lowest BCUT2D eigenvalue weighted by atomic mass is 10.0. The summed E-state index contributed by atoms with van der Waals surface area (Å²) < 4.78 is 1.17. The Hall–Kier alpha value is -0.0900. The van der Waals surface area contributed by atoms with E-state index in [1.165, 1.54) is 36.2 Å². The van der Waals surface area contributed by atoms with Crippen molar-refractivity contribution in [1.82, 2.24) is 10.2 Å². The van der Waals surface area contributed by atoms with Crippen LogP contribution in [0.3, 0.4) is 0 Å². The molecule has 0 aromatic heterocycles. The van der Waals surface area contributed by atoms with Crippen molar-refractivity contribution in [2.45, 2.75) is 6.54 Å². The fourth-order valence-corrected chi connectivity index (χ4v) is 3.19. The molecule has 3 rings (SSSR count). The SMILES string of the molecule is Brc1ccc(CN2C[C@H]3CNC[C@H]3C2)cc1.Cl. The van der Waals surface area contributed by atoms with Gasteiger partial charge in [-0.1, -0.05) is 28.1 Å². The molecule has 2 saturated heterocycles. The summed E-state index contributed by atoms with van der Waals surface area (Å²) in [5.41, 5.74) is 1.43. The summed E-state index contributed by atoms with van der Waals surface area (Å²) in [6.45, 7) is 6.10. The number of nitrogens with zero attached hydrogens (tertiary/aromatic N) is 1. The van der Waals surface area contributed by atoms with Crippen LogP contribution in [0.1, 0.15) is 5.56 Å². The number of hydrogen-bond donors (Lipinski definition) is 1. The Morgan fingerprint density at radius 3 is 2.29 bits per heavy atom. The fourth-order valence-electron chi connectivity index (χ4n) is 2.93. The van der Waals surface area contributed by atoms with Crippen LogP contribution in [0.25, 0.3) is 0 Å². The maximum absolute atomic E-state index is 3.48. The second-order valence-corrected chi connectivity index (χ2v) is 5.91. The van der Waals surface area contributed by atoms with Gasteiger partial charge in [-0.2, -0.15) is 0 Å². The largest absolute Gasteiger partial charge is 0.316 e. The van der Waals surface area contributed by atoms with Gasteiger partial charge < -0.3 is 5.32 Å². The van der Waals surface area contributed by atoms with Gasteiger partial charge in [-0.25, -0.2) is 0 Å². The molecule has 2 fully saturated rings. The number of rotatable bonds is 2. The minimum atomic E-state index is 0. The third kappa shape index (κ3) is 3.02. The Balaban J connectivity index is 0.00000108. The van der Waals surface area contributed by atoms with Crippen molar-refractivity contribution in [3.63, 3.8) is 0 Å². The molecule has 4 heteroatoms. The van der Waals surface area contributed by atoms with E-state index >= 15 is 0 Å². The Morgan fingerprint density at radius 2 is 1.71 bits per heavy atom. The minimum absolute atomic E-state index is 0. The Morgan fingerprint density at radius 1 is 1.12 bits per heavy atom. The average Bonchev–Trinajstić information content (AvgIpc) is 2.81. The number of nitrogens with one attached hydrogen (secondary N) is 1. The fraction of sp³-hybridized carbons (Fsp3) is 0.538. The molecule has 0 aliphatic carbocycles. The van der Waals surface area contributed by atoms with Gasteiger partial charge in [0.1, 0.15) is 0 Å². The van der Waals surface area contributed by atoms with Gasteiger partial charge in [-0.05, 0) is 42.6 Å². The molecule has 2 nitrogen and oxygen atoms in total. The molecule has 0 spiro atoms. The van der Waals surface area contributed by atoms with Crippen LogP contribution in [-0.4, -0.2) is 31.1 Å². The highest BCUT2D eigenvalue weighted by Crippen LogP contribution is 2.27. The molecule has 0 amide bonds. The van der Waals surface area contributed by atoms with Crippen LogP contribution in [0.2, 0.25) is 0 Å². The van der Waals surface area contributed by atoms with Crippen molar-refractivity contribution >= 4 is 28.3 Å². The van der Waals surface area contributed by atoms with Gasteiger partial charge in [0.15, 0.2) is 0 Å². The van der Waals surface area contributed by atoms with E-state index in [-0.39, 0.29) is 12.4 Å². The molecule has 1 aromatic carbocycles. The Bertz CT molecular complexity index is 356. The Labute approximate surface area is 117 Å². The molecule has 94 valence electrons. The lowest BCUT2D eigenvalue weighted by Crippen LogP contribution is -2.25. The number of fused-ring (bicyclic) bond motifs is 1. The van der Waals surface area contributed by atoms with Crippen LogP contribution in [0.4, 0.5) is 0 Å². The van der Waals surface area contributed by atoms with Gasteiger partial charge in [0, 0.05) is 24.1 Å². The molecule has 0 saturated carbocycles. The van der Waals surface area contributed by atoms with Crippen molar-refractivity contribution in [1.29, 1.82) is 0 Å². The predicted molar refractivity (Wildman–Crippen MR) is 76.5 cm³/mol. The van der Waals surface area contributed by atoms with Gasteiger partial charge in [-0.3, -0.25) is 4.90 Å². The number of likely N-dealkylation sites (tertiary alicyclic amines) is 1. The summed E-state index contributed by atoms with van der Waals surface area (Å²) in [7, 11) is 0. The molecular formula is C13H18BrClN2. The van der Waals surface area contributed by atoms with Crippen LogP contribution < -0.4 is 5.32 Å². The lowest BCUT2D eigenvalue weighted by Gasteiger charge is -2.16. The second kappa shape index (κ2) is 5.70. The lowest BCUT2D eigenvalue weighted by molar-refractivity contribution is 0.305. The van der Waals surface area contributed by atoms with E-state index in [1.807, 2.05) is 0 Å². The van der Waals surface area contributed by atoms with Crippen molar-refractivity contribution < 1.29 is 0 Å². The summed E-state index contributed by atoms with van der Waals surface area (Å²) >= 11 is 3.48. The molecule has 1 N–H and O–H groups in total. The van der Waals surface area contributed by atoms with Crippen molar-refractivity contribution in [3.05, 3.63) is 34.3 Å². The Kier molecular flexibility index (Phi) is 4.47. The third-order valence-electron chi connectivity index (χ3n) is 3.78. The average molecular weight is 318 g/mol. The zero-order valence-electron chi connectivity index (χ0n) is 9.73. The highest BCUT2D eigenvalue weighted by molar-refractivity contribution is 9.10. The molecule has 0 radical (unpaired) electrons. The highest BCUT2D eigenvalue weighted by Gasteiger charge is 2.35. The van der Waals surface area contributed by atoms with Gasteiger partial charge in [0.25, 0.3) is 0 Å². The van der Waals surface area contributed by atoms with Gasteiger partial charge in [0.05, 0.1) is 0 Å². The maximum Gasteiger partial charge on any atom is 0.0234 e. The van der Waals surface area contributed by atoms with Crippen molar-refractivity contribution in [2.75, 3.05) is 26.2 Å². The zero-order chi connectivity index (χ0) is 11.0. The standard InChI is InChI=1S/C13H17BrN2.ClH/c14-13-3-1-10(2-4-13)7-16-8-11-5-15-6-12(11)9-16;/h1-4,11-12,15H,5-9H2;1H/t11-,12+;. The van der Waals surface area contributed by atoms with Crippen LogP contribution >= 0.6 is 28.3 Å². The minimum Gasteiger partial charge on any atom is -0.316 e. The summed E-state index contributed by atoms with van der Waals surface area (Å²) in [5.74, 6) is 1.80. The first kappa shape index (κ1) is 13.3. The zero-order valence-corrected chi connectivity index (χ0v) is 12.1. The molecule has 17 heavy (non-hydrogen) atoms. The van der Waals surface area contributed by atoms with Crippen LogP contribution in [-0.2, 0) is 6.54 Å². The summed E-state index contributed by atoms with van der Waals surface area (Å²) in [6.07, 6.45) is 0. The predicted octanol–water partition coefficient (Wildman–Crippen LogP) is 2.52. The quantitative estimate of drug-likeness (QED) is 0.902. The molecule has 2 aliphatic rings. The van der Waals surface area contributed by atoms with Crippen molar-refractivity contribution in [3.8, 4) is 0 Å². The van der Waals surface area contributed by atoms with Crippen LogP contribution in [0, 0.1) is 11.8 Å². The first-order valence-corrected chi connectivity index (χ1v) is 6.78. The molecule has 2 atom stereocenters. The van der Waals surface area contributed by atoms with E-state index in [1.54, 1.807) is 0 Å². The molecule has 0 unspecified atom stereocenters. The smallest absolute Gasteiger partial charge is 0.0234 e. The molecule has 1 aromatic rings. The van der Waals surface area contributed by atoms with Gasteiger partial charge in [-0.15, -0.1) is 12.4 Å². The van der Waals surface area contributed by atoms with E-state index in [0.29, 0.717) is 0 Å². The van der Waals surface area contributed by atoms with Crippen LogP contribution in [0.5, 0.6) is 0 Å². The first-order valence-electron chi connectivity index (χ1n) is 5.99. The van der Waals surface area contributed by atoms with E-state index < -0.39 is 0 Å². The topological polar surface area (TPSA) is 15.3 Å². The van der Waals surface area contributed by atoms with E-state index in [2.05, 4.69) is 50.4 Å². The number of hydrogen-bond acceptors (Lipinski definition) is 2. The normalized spacial score (nSPS) is 27.8. The molecule has 2 heterocycles.